The molecule has 0 atom stereocenters. The van der Waals surface area contributed by atoms with E-state index in [1.165, 1.54) is 18.1 Å². The van der Waals surface area contributed by atoms with Gasteiger partial charge in [0.25, 0.3) is 5.91 Å². The van der Waals surface area contributed by atoms with Gasteiger partial charge >= 0.3 is 0 Å². The Morgan fingerprint density at radius 1 is 1.38 bits per heavy atom. The third-order valence-electron chi connectivity index (χ3n) is 2.38. The van der Waals surface area contributed by atoms with Crippen LogP contribution in [-0.4, -0.2) is 5.91 Å². The molecule has 2 rings (SSSR count). The number of carbonyl (C=O) groups is 1. The second kappa shape index (κ2) is 4.66. The van der Waals surface area contributed by atoms with E-state index >= 15 is 0 Å². The molecule has 0 aliphatic carbocycles. The van der Waals surface area contributed by atoms with Crippen molar-refractivity contribution in [3.63, 3.8) is 0 Å². The van der Waals surface area contributed by atoms with Crippen molar-refractivity contribution in [3.05, 3.63) is 54.0 Å². The number of carbonyl (C=O) groups excluding carboxylic acids is 1. The van der Waals surface area contributed by atoms with Crippen LogP contribution in [0.15, 0.2) is 47.3 Å². The molecule has 3 heteroatoms. The molecule has 0 fully saturated rings. The topological polar surface area (TPSA) is 42.2 Å². The lowest BCUT2D eigenvalue weighted by molar-refractivity contribution is 0.102. The molecule has 0 radical (unpaired) electrons. The van der Waals surface area contributed by atoms with Gasteiger partial charge in [0.15, 0.2) is 0 Å². The highest BCUT2D eigenvalue weighted by molar-refractivity contribution is 6.03. The van der Waals surface area contributed by atoms with Gasteiger partial charge in [-0.2, -0.15) is 0 Å². The molecule has 1 amide bonds. The third kappa shape index (κ3) is 2.31. The molecule has 0 saturated heterocycles. The summed E-state index contributed by atoms with van der Waals surface area (Å²) >= 11 is 0. The number of amides is 1. The lowest BCUT2D eigenvalue weighted by Gasteiger charge is -2.04. The second-order valence-corrected chi connectivity index (χ2v) is 3.52. The summed E-state index contributed by atoms with van der Waals surface area (Å²) in [5, 5.41) is 2.82. The second-order valence-electron chi connectivity index (χ2n) is 3.52. The lowest BCUT2D eigenvalue weighted by atomic mass is 10.1. The number of nitrogens with one attached hydrogen (secondary N) is 1. The van der Waals surface area contributed by atoms with Crippen molar-refractivity contribution in [1.82, 2.24) is 0 Å². The SMILES string of the molecule is CCc1cccc(NC(=O)c2ccoc2)c1. The van der Waals surface area contributed by atoms with Crippen LogP contribution < -0.4 is 5.32 Å². The van der Waals surface area contributed by atoms with Gasteiger partial charge in [-0.3, -0.25) is 4.79 Å². The summed E-state index contributed by atoms with van der Waals surface area (Å²) in [6, 6.07) is 9.45. The van der Waals surface area contributed by atoms with Crippen molar-refractivity contribution in [2.45, 2.75) is 13.3 Å². The van der Waals surface area contributed by atoms with Crippen molar-refractivity contribution in [2.75, 3.05) is 5.32 Å². The molecule has 0 aliphatic heterocycles. The Bertz CT molecular complexity index is 474. The van der Waals surface area contributed by atoms with Gasteiger partial charge < -0.3 is 9.73 Å². The predicted octanol–water partition coefficient (Wildman–Crippen LogP) is 3.09. The van der Waals surface area contributed by atoms with E-state index in [2.05, 4.69) is 12.2 Å². The molecule has 1 heterocycles. The zero-order valence-corrected chi connectivity index (χ0v) is 9.07. The smallest absolute Gasteiger partial charge is 0.258 e. The summed E-state index contributed by atoms with van der Waals surface area (Å²) in [7, 11) is 0. The largest absolute Gasteiger partial charge is 0.472 e. The van der Waals surface area contributed by atoms with Gasteiger partial charge in [-0.1, -0.05) is 19.1 Å². The van der Waals surface area contributed by atoms with Crippen molar-refractivity contribution >= 4 is 11.6 Å². The Morgan fingerprint density at radius 3 is 2.94 bits per heavy atom. The van der Waals surface area contributed by atoms with Crippen LogP contribution >= 0.6 is 0 Å². The highest BCUT2D eigenvalue weighted by Crippen LogP contribution is 2.12. The first-order chi connectivity index (χ1) is 7.79. The summed E-state index contributed by atoms with van der Waals surface area (Å²) in [6.07, 6.45) is 3.87. The maximum Gasteiger partial charge on any atom is 0.258 e. The van der Waals surface area contributed by atoms with Crippen molar-refractivity contribution < 1.29 is 9.21 Å². The fourth-order valence-corrected chi connectivity index (χ4v) is 1.47. The number of anilines is 1. The average Bonchev–Trinajstić information content (AvgIpc) is 2.83. The Kier molecular flexibility index (Phi) is 3.05. The number of rotatable bonds is 3. The summed E-state index contributed by atoms with van der Waals surface area (Å²) in [6.45, 7) is 2.08. The third-order valence-corrected chi connectivity index (χ3v) is 2.38. The van der Waals surface area contributed by atoms with Crippen LogP contribution in [0.2, 0.25) is 0 Å². The number of benzene rings is 1. The van der Waals surface area contributed by atoms with E-state index in [4.69, 9.17) is 4.42 Å². The van der Waals surface area contributed by atoms with Crippen LogP contribution in [0.5, 0.6) is 0 Å². The van der Waals surface area contributed by atoms with Gasteiger partial charge in [0.05, 0.1) is 11.8 Å². The molecule has 1 aromatic heterocycles. The lowest BCUT2D eigenvalue weighted by Crippen LogP contribution is -2.10. The molecule has 0 bridgehead atoms. The zero-order chi connectivity index (χ0) is 11.4. The monoisotopic (exact) mass is 215 g/mol. The van der Waals surface area contributed by atoms with Crippen LogP contribution in [0.3, 0.4) is 0 Å². The molecule has 16 heavy (non-hydrogen) atoms. The van der Waals surface area contributed by atoms with Gasteiger partial charge in [-0.25, -0.2) is 0 Å². The van der Waals surface area contributed by atoms with Gasteiger partial charge in [-0.15, -0.1) is 0 Å². The first kappa shape index (κ1) is 10.5. The highest BCUT2D eigenvalue weighted by atomic mass is 16.3. The normalized spacial score (nSPS) is 10.1. The maximum atomic E-state index is 11.7. The quantitative estimate of drug-likeness (QED) is 0.854. The summed E-state index contributed by atoms with van der Waals surface area (Å²) in [5.41, 5.74) is 2.54. The molecular formula is C13H13NO2. The fraction of sp³-hybridized carbons (Fsp3) is 0.154. The van der Waals surface area contributed by atoms with E-state index in [0.717, 1.165) is 12.1 Å². The Balaban J connectivity index is 2.12. The van der Waals surface area contributed by atoms with E-state index < -0.39 is 0 Å². The number of furan rings is 1. The molecule has 1 N–H and O–H groups in total. The minimum absolute atomic E-state index is 0.151. The van der Waals surface area contributed by atoms with Gasteiger partial charge in [0.2, 0.25) is 0 Å². The Labute approximate surface area is 94.1 Å². The first-order valence-electron chi connectivity index (χ1n) is 5.22. The Hall–Kier alpha value is -2.03. The van der Waals surface area contributed by atoms with E-state index in [1.54, 1.807) is 6.07 Å². The summed E-state index contributed by atoms with van der Waals surface area (Å²) in [5.74, 6) is -0.151. The molecule has 0 spiro atoms. The molecule has 3 nitrogen and oxygen atoms in total. The minimum Gasteiger partial charge on any atom is -0.472 e. The average molecular weight is 215 g/mol. The highest BCUT2D eigenvalue weighted by Gasteiger charge is 2.06. The van der Waals surface area contributed by atoms with Gasteiger partial charge in [0.1, 0.15) is 6.26 Å². The molecular weight excluding hydrogens is 202 g/mol. The van der Waals surface area contributed by atoms with Crippen molar-refractivity contribution in [2.24, 2.45) is 0 Å². The van der Waals surface area contributed by atoms with Gasteiger partial charge in [0, 0.05) is 5.69 Å². The van der Waals surface area contributed by atoms with E-state index in [0.29, 0.717) is 5.56 Å². The molecule has 0 aliphatic rings. The molecule has 82 valence electrons. The Morgan fingerprint density at radius 2 is 2.25 bits per heavy atom. The molecule has 1 aromatic carbocycles. The van der Waals surface area contributed by atoms with Crippen molar-refractivity contribution in [1.29, 1.82) is 0 Å². The van der Waals surface area contributed by atoms with Crippen LogP contribution in [0.25, 0.3) is 0 Å². The number of hydrogen-bond acceptors (Lipinski definition) is 2. The summed E-state index contributed by atoms with van der Waals surface area (Å²) < 4.78 is 4.86. The molecule has 0 unspecified atom stereocenters. The fourth-order valence-electron chi connectivity index (χ4n) is 1.47. The number of aryl methyl sites for hydroxylation is 1. The van der Waals surface area contributed by atoms with Crippen molar-refractivity contribution in [3.8, 4) is 0 Å². The number of hydrogen-bond donors (Lipinski definition) is 1. The minimum atomic E-state index is -0.151. The standard InChI is InChI=1S/C13H13NO2/c1-2-10-4-3-5-12(8-10)14-13(15)11-6-7-16-9-11/h3-9H,2H2,1H3,(H,14,15). The zero-order valence-electron chi connectivity index (χ0n) is 9.07. The van der Waals surface area contributed by atoms with E-state index in [9.17, 15) is 4.79 Å². The maximum absolute atomic E-state index is 11.7. The molecule has 2 aromatic rings. The van der Waals surface area contributed by atoms with E-state index in [-0.39, 0.29) is 5.91 Å². The predicted molar refractivity (Wildman–Crippen MR) is 62.5 cm³/mol. The molecule has 0 saturated carbocycles. The first-order valence-corrected chi connectivity index (χ1v) is 5.22. The van der Waals surface area contributed by atoms with E-state index in [1.807, 2.05) is 24.3 Å². The van der Waals surface area contributed by atoms with Gasteiger partial charge in [-0.05, 0) is 30.2 Å². The van der Waals surface area contributed by atoms with Crippen LogP contribution in [0.4, 0.5) is 5.69 Å². The summed E-state index contributed by atoms with van der Waals surface area (Å²) in [4.78, 5) is 11.7. The van der Waals surface area contributed by atoms with Crippen LogP contribution in [-0.2, 0) is 6.42 Å². The van der Waals surface area contributed by atoms with Crippen LogP contribution in [0.1, 0.15) is 22.8 Å². The van der Waals surface area contributed by atoms with Crippen LogP contribution in [0, 0.1) is 0 Å².